The van der Waals surface area contributed by atoms with Crippen LogP contribution in [0.2, 0.25) is 5.15 Å². The van der Waals surface area contributed by atoms with E-state index in [1.54, 1.807) is 12.1 Å². The van der Waals surface area contributed by atoms with E-state index in [0.717, 1.165) is 27.6 Å². The Morgan fingerprint density at radius 3 is 2.50 bits per heavy atom. The van der Waals surface area contributed by atoms with Crippen LogP contribution in [0.5, 0.6) is 0 Å². The molecule has 0 aliphatic carbocycles. The molecule has 0 unspecified atom stereocenters. The van der Waals surface area contributed by atoms with E-state index in [2.05, 4.69) is 11.1 Å². The Morgan fingerprint density at radius 1 is 1.10 bits per heavy atom. The zero-order valence-corrected chi connectivity index (χ0v) is 11.2. The zero-order chi connectivity index (χ0) is 14.1. The topological polar surface area (TPSA) is 39.6 Å². The van der Waals surface area contributed by atoms with Crippen LogP contribution in [-0.2, 0) is 6.42 Å². The number of H-pyrrole nitrogens is 1. The first kappa shape index (κ1) is 12.7. The number of benzene rings is 2. The number of hydrogen-bond acceptors (Lipinski definition) is 1. The van der Waals surface area contributed by atoms with Crippen molar-refractivity contribution in [3.05, 3.63) is 59.0 Å². The molecule has 2 aromatic carbocycles. The fourth-order valence-corrected chi connectivity index (χ4v) is 2.56. The highest BCUT2D eigenvalue weighted by Gasteiger charge is 2.10. The van der Waals surface area contributed by atoms with Crippen LogP contribution in [0, 0.1) is 17.1 Å². The second kappa shape index (κ2) is 4.99. The van der Waals surface area contributed by atoms with Crippen molar-refractivity contribution in [1.29, 1.82) is 5.26 Å². The normalized spacial score (nSPS) is 10.7. The second-order valence-electron chi connectivity index (χ2n) is 4.52. The molecular formula is C16H10ClFN2. The number of nitriles is 1. The molecule has 2 nitrogen and oxygen atoms in total. The molecule has 0 aliphatic heterocycles. The van der Waals surface area contributed by atoms with Gasteiger partial charge < -0.3 is 4.98 Å². The van der Waals surface area contributed by atoms with Crippen molar-refractivity contribution in [3.8, 4) is 17.2 Å². The molecule has 0 amide bonds. The zero-order valence-electron chi connectivity index (χ0n) is 10.5. The summed E-state index contributed by atoms with van der Waals surface area (Å²) in [6, 6.07) is 14.3. The Balaban J connectivity index is 2.16. The van der Waals surface area contributed by atoms with E-state index in [1.165, 1.54) is 12.1 Å². The van der Waals surface area contributed by atoms with Crippen molar-refractivity contribution < 1.29 is 4.39 Å². The smallest absolute Gasteiger partial charge is 0.123 e. The maximum Gasteiger partial charge on any atom is 0.123 e. The molecule has 3 aromatic rings. The minimum absolute atomic E-state index is 0.256. The first-order chi connectivity index (χ1) is 9.69. The molecule has 0 atom stereocenters. The van der Waals surface area contributed by atoms with E-state index < -0.39 is 0 Å². The van der Waals surface area contributed by atoms with Crippen LogP contribution in [0.15, 0.2) is 42.5 Å². The summed E-state index contributed by atoms with van der Waals surface area (Å²) in [5.41, 5.74) is 3.58. The van der Waals surface area contributed by atoms with Gasteiger partial charge >= 0.3 is 0 Å². The predicted octanol–water partition coefficient (Wildman–Crippen LogP) is 4.69. The van der Waals surface area contributed by atoms with Crippen LogP contribution in [0.3, 0.4) is 0 Å². The molecule has 0 aliphatic rings. The SMILES string of the molecule is N#CCc1c(Cl)[nH]c2ccc(-c3ccc(F)cc3)cc12. The van der Waals surface area contributed by atoms with Crippen molar-refractivity contribution in [2.45, 2.75) is 6.42 Å². The summed E-state index contributed by atoms with van der Waals surface area (Å²) in [4.78, 5) is 3.05. The average Bonchev–Trinajstić information content (AvgIpc) is 2.76. The van der Waals surface area contributed by atoms with Gasteiger partial charge in [-0.25, -0.2) is 4.39 Å². The number of nitrogens with one attached hydrogen (secondary N) is 1. The van der Waals surface area contributed by atoms with Crippen LogP contribution in [0.25, 0.3) is 22.0 Å². The minimum Gasteiger partial charge on any atom is -0.345 e. The maximum atomic E-state index is 13.0. The molecule has 1 N–H and O–H groups in total. The number of nitrogens with zero attached hydrogens (tertiary/aromatic N) is 1. The van der Waals surface area contributed by atoms with Gasteiger partial charge in [0, 0.05) is 16.5 Å². The minimum atomic E-state index is -0.260. The van der Waals surface area contributed by atoms with Gasteiger partial charge in [-0.05, 0) is 35.4 Å². The van der Waals surface area contributed by atoms with Gasteiger partial charge in [-0.15, -0.1) is 0 Å². The first-order valence-electron chi connectivity index (χ1n) is 6.12. The van der Waals surface area contributed by atoms with Gasteiger partial charge in [0.2, 0.25) is 0 Å². The van der Waals surface area contributed by atoms with E-state index in [-0.39, 0.29) is 12.2 Å². The predicted molar refractivity (Wildman–Crippen MR) is 78.0 cm³/mol. The van der Waals surface area contributed by atoms with Crippen molar-refractivity contribution in [1.82, 2.24) is 4.98 Å². The molecule has 98 valence electrons. The number of fused-ring (bicyclic) bond motifs is 1. The van der Waals surface area contributed by atoms with Crippen molar-refractivity contribution in [2.24, 2.45) is 0 Å². The molecule has 0 fully saturated rings. The molecule has 0 saturated carbocycles. The summed E-state index contributed by atoms with van der Waals surface area (Å²) >= 11 is 6.11. The quantitative estimate of drug-likeness (QED) is 0.728. The second-order valence-corrected chi connectivity index (χ2v) is 4.90. The summed E-state index contributed by atoms with van der Waals surface area (Å²) in [5.74, 6) is -0.260. The molecular weight excluding hydrogens is 275 g/mol. The van der Waals surface area contributed by atoms with Gasteiger partial charge in [0.25, 0.3) is 0 Å². The third-order valence-corrected chi connectivity index (χ3v) is 3.61. The van der Waals surface area contributed by atoms with Gasteiger partial charge in [-0.2, -0.15) is 5.26 Å². The highest BCUT2D eigenvalue weighted by atomic mass is 35.5. The number of aromatic amines is 1. The molecule has 0 saturated heterocycles. The fraction of sp³-hybridized carbons (Fsp3) is 0.0625. The standard InChI is InChI=1S/C16H10ClFN2/c17-16-13(7-8-19)14-9-11(3-6-15(14)20-16)10-1-4-12(18)5-2-10/h1-6,9,20H,7H2. The molecule has 0 spiro atoms. The summed E-state index contributed by atoms with van der Waals surface area (Å²) in [5, 5.41) is 10.3. The van der Waals surface area contributed by atoms with Crippen molar-refractivity contribution >= 4 is 22.5 Å². The third-order valence-electron chi connectivity index (χ3n) is 3.29. The lowest BCUT2D eigenvalue weighted by molar-refractivity contribution is 0.628. The van der Waals surface area contributed by atoms with Crippen LogP contribution in [0.4, 0.5) is 4.39 Å². The Labute approximate surface area is 120 Å². The Hall–Kier alpha value is -2.31. The molecule has 0 bridgehead atoms. The monoisotopic (exact) mass is 284 g/mol. The lowest BCUT2D eigenvalue weighted by atomic mass is 10.0. The summed E-state index contributed by atoms with van der Waals surface area (Å²) < 4.78 is 13.0. The lowest BCUT2D eigenvalue weighted by Gasteiger charge is -2.02. The Morgan fingerprint density at radius 2 is 1.80 bits per heavy atom. The van der Waals surface area contributed by atoms with E-state index in [9.17, 15) is 4.39 Å². The van der Waals surface area contributed by atoms with Gasteiger partial charge in [0.15, 0.2) is 0 Å². The summed E-state index contributed by atoms with van der Waals surface area (Å²) in [6.07, 6.45) is 0.256. The van der Waals surface area contributed by atoms with Crippen LogP contribution in [-0.4, -0.2) is 4.98 Å². The maximum absolute atomic E-state index is 13.0. The molecule has 20 heavy (non-hydrogen) atoms. The molecule has 0 radical (unpaired) electrons. The van der Waals surface area contributed by atoms with Crippen molar-refractivity contribution in [2.75, 3.05) is 0 Å². The summed E-state index contributed by atoms with van der Waals surface area (Å²) in [6.45, 7) is 0. The van der Waals surface area contributed by atoms with E-state index in [0.29, 0.717) is 5.15 Å². The van der Waals surface area contributed by atoms with E-state index in [4.69, 9.17) is 16.9 Å². The molecule has 1 heterocycles. The van der Waals surface area contributed by atoms with Gasteiger partial charge in [-0.3, -0.25) is 0 Å². The van der Waals surface area contributed by atoms with Gasteiger partial charge in [0.05, 0.1) is 12.5 Å². The Kier molecular flexibility index (Phi) is 3.17. The van der Waals surface area contributed by atoms with E-state index >= 15 is 0 Å². The Bertz CT molecular complexity index is 813. The van der Waals surface area contributed by atoms with E-state index in [1.807, 2.05) is 18.2 Å². The number of hydrogen-bond donors (Lipinski definition) is 1. The van der Waals surface area contributed by atoms with Crippen molar-refractivity contribution in [3.63, 3.8) is 0 Å². The van der Waals surface area contributed by atoms with Crippen LogP contribution < -0.4 is 0 Å². The molecule has 1 aromatic heterocycles. The van der Waals surface area contributed by atoms with Crippen LogP contribution in [0.1, 0.15) is 5.56 Å². The summed E-state index contributed by atoms with van der Waals surface area (Å²) in [7, 11) is 0. The highest BCUT2D eigenvalue weighted by Crippen LogP contribution is 2.30. The molecule has 4 heteroatoms. The number of rotatable bonds is 2. The average molecular weight is 285 g/mol. The number of aromatic nitrogens is 1. The fourth-order valence-electron chi connectivity index (χ4n) is 2.29. The highest BCUT2D eigenvalue weighted by molar-refractivity contribution is 6.31. The lowest BCUT2D eigenvalue weighted by Crippen LogP contribution is -1.82. The van der Waals surface area contributed by atoms with Gasteiger partial charge in [0.1, 0.15) is 11.0 Å². The van der Waals surface area contributed by atoms with Crippen LogP contribution >= 0.6 is 11.6 Å². The largest absolute Gasteiger partial charge is 0.345 e. The third kappa shape index (κ3) is 2.15. The van der Waals surface area contributed by atoms with Gasteiger partial charge in [-0.1, -0.05) is 29.8 Å². The molecule has 3 rings (SSSR count). The number of halogens is 2. The first-order valence-corrected chi connectivity index (χ1v) is 6.50.